The number of anilines is 1. The average molecular weight is 262 g/mol. The Balaban J connectivity index is 2.13. The standard InChI is InChI=1S/C12H14N4OS/c1-7-8(2)17-10(16-7)6-15-9-4-3-5-14-11(9)12(13)18/h3-5,15H,6H2,1-2H3,(H2,13,18). The second kappa shape index (κ2) is 5.14. The monoisotopic (exact) mass is 262 g/mol. The van der Waals surface area contributed by atoms with Gasteiger partial charge in [0, 0.05) is 6.20 Å². The van der Waals surface area contributed by atoms with E-state index in [4.69, 9.17) is 22.4 Å². The molecule has 0 saturated heterocycles. The van der Waals surface area contributed by atoms with Gasteiger partial charge in [0.2, 0.25) is 5.89 Å². The van der Waals surface area contributed by atoms with Crippen LogP contribution in [-0.2, 0) is 6.54 Å². The molecule has 0 amide bonds. The molecule has 0 saturated carbocycles. The van der Waals surface area contributed by atoms with Gasteiger partial charge in [-0.25, -0.2) is 4.98 Å². The summed E-state index contributed by atoms with van der Waals surface area (Å²) in [4.78, 5) is 8.68. The van der Waals surface area contributed by atoms with Gasteiger partial charge in [-0.1, -0.05) is 12.2 Å². The lowest BCUT2D eigenvalue weighted by Gasteiger charge is -2.07. The number of aryl methyl sites for hydroxylation is 2. The smallest absolute Gasteiger partial charge is 0.213 e. The zero-order chi connectivity index (χ0) is 13.1. The number of hydrogen-bond acceptors (Lipinski definition) is 5. The summed E-state index contributed by atoms with van der Waals surface area (Å²) in [5.74, 6) is 1.45. The molecule has 2 heterocycles. The van der Waals surface area contributed by atoms with Crippen LogP contribution in [0, 0.1) is 13.8 Å². The number of nitrogens with one attached hydrogen (secondary N) is 1. The first-order valence-electron chi connectivity index (χ1n) is 5.49. The minimum Gasteiger partial charge on any atom is -0.444 e. The minimum atomic E-state index is 0.262. The van der Waals surface area contributed by atoms with E-state index in [1.807, 2.05) is 26.0 Å². The Kier molecular flexibility index (Phi) is 3.57. The first-order valence-corrected chi connectivity index (χ1v) is 5.90. The van der Waals surface area contributed by atoms with Gasteiger partial charge in [-0.3, -0.25) is 4.98 Å². The number of hydrogen-bond donors (Lipinski definition) is 2. The van der Waals surface area contributed by atoms with Gasteiger partial charge in [-0.15, -0.1) is 0 Å². The van der Waals surface area contributed by atoms with Crippen molar-refractivity contribution in [1.82, 2.24) is 9.97 Å². The molecular formula is C12H14N4OS. The fourth-order valence-corrected chi connectivity index (χ4v) is 1.69. The summed E-state index contributed by atoms with van der Waals surface area (Å²) in [5.41, 5.74) is 7.85. The SMILES string of the molecule is Cc1nc(CNc2cccnc2C(N)=S)oc1C. The highest BCUT2D eigenvalue weighted by Crippen LogP contribution is 2.14. The molecule has 0 atom stereocenters. The number of oxazole rings is 1. The highest BCUT2D eigenvalue weighted by atomic mass is 32.1. The summed E-state index contributed by atoms with van der Waals surface area (Å²) in [7, 11) is 0. The predicted octanol–water partition coefficient (Wildman–Crippen LogP) is 1.93. The average Bonchev–Trinajstić information content (AvgIpc) is 2.66. The first kappa shape index (κ1) is 12.5. The molecule has 2 aromatic rings. The number of thiocarbonyl (C=S) groups is 1. The van der Waals surface area contributed by atoms with Crippen LogP contribution >= 0.6 is 12.2 Å². The summed E-state index contributed by atoms with van der Waals surface area (Å²) in [6.45, 7) is 4.26. The molecule has 6 heteroatoms. The summed E-state index contributed by atoms with van der Waals surface area (Å²) >= 11 is 4.94. The molecule has 94 valence electrons. The van der Waals surface area contributed by atoms with Crippen molar-refractivity contribution in [3.63, 3.8) is 0 Å². The molecule has 0 spiro atoms. The third kappa shape index (κ3) is 2.65. The van der Waals surface area contributed by atoms with Crippen LogP contribution in [0.25, 0.3) is 0 Å². The molecule has 5 nitrogen and oxygen atoms in total. The van der Waals surface area contributed by atoms with Crippen molar-refractivity contribution in [3.8, 4) is 0 Å². The largest absolute Gasteiger partial charge is 0.444 e. The van der Waals surface area contributed by atoms with Gasteiger partial charge in [0.15, 0.2) is 0 Å². The van der Waals surface area contributed by atoms with Crippen molar-refractivity contribution in [2.45, 2.75) is 20.4 Å². The third-order valence-electron chi connectivity index (χ3n) is 2.54. The molecule has 2 aromatic heterocycles. The van der Waals surface area contributed by atoms with Crippen LogP contribution in [-0.4, -0.2) is 15.0 Å². The van der Waals surface area contributed by atoms with Crippen molar-refractivity contribution >= 4 is 22.9 Å². The number of nitrogens with zero attached hydrogens (tertiary/aromatic N) is 2. The second-order valence-electron chi connectivity index (χ2n) is 3.87. The normalized spacial score (nSPS) is 10.3. The van der Waals surface area contributed by atoms with E-state index in [2.05, 4.69) is 15.3 Å². The van der Waals surface area contributed by atoms with E-state index in [-0.39, 0.29) is 4.99 Å². The van der Waals surface area contributed by atoms with E-state index in [0.717, 1.165) is 17.1 Å². The van der Waals surface area contributed by atoms with Gasteiger partial charge in [0.05, 0.1) is 17.9 Å². The van der Waals surface area contributed by atoms with Crippen LogP contribution < -0.4 is 11.1 Å². The van der Waals surface area contributed by atoms with E-state index in [0.29, 0.717) is 18.1 Å². The quantitative estimate of drug-likeness (QED) is 0.820. The van der Waals surface area contributed by atoms with Gasteiger partial charge >= 0.3 is 0 Å². The number of aromatic nitrogens is 2. The summed E-state index contributed by atoms with van der Waals surface area (Å²) < 4.78 is 5.48. The topological polar surface area (TPSA) is 77.0 Å². The van der Waals surface area contributed by atoms with Crippen LogP contribution in [0.4, 0.5) is 5.69 Å². The van der Waals surface area contributed by atoms with Gasteiger partial charge in [-0.05, 0) is 26.0 Å². The predicted molar refractivity (Wildman–Crippen MR) is 73.4 cm³/mol. The fraction of sp³-hybridized carbons (Fsp3) is 0.250. The van der Waals surface area contributed by atoms with Gasteiger partial charge in [0.1, 0.15) is 16.4 Å². The lowest BCUT2D eigenvalue weighted by molar-refractivity contribution is 0.478. The highest BCUT2D eigenvalue weighted by molar-refractivity contribution is 7.80. The number of nitrogens with two attached hydrogens (primary N) is 1. The Morgan fingerprint density at radius 2 is 2.28 bits per heavy atom. The van der Waals surface area contributed by atoms with Crippen LogP contribution in [0.15, 0.2) is 22.7 Å². The van der Waals surface area contributed by atoms with Crippen LogP contribution in [0.1, 0.15) is 23.0 Å². The van der Waals surface area contributed by atoms with E-state index in [1.54, 1.807) is 6.20 Å². The van der Waals surface area contributed by atoms with Crippen LogP contribution in [0.3, 0.4) is 0 Å². The Morgan fingerprint density at radius 1 is 1.50 bits per heavy atom. The Hall–Kier alpha value is -1.95. The van der Waals surface area contributed by atoms with E-state index < -0.39 is 0 Å². The Morgan fingerprint density at radius 3 is 2.89 bits per heavy atom. The first-order chi connectivity index (χ1) is 8.58. The lowest BCUT2D eigenvalue weighted by atomic mass is 10.3. The molecule has 0 unspecified atom stereocenters. The molecule has 0 bridgehead atoms. The molecule has 0 aliphatic heterocycles. The molecule has 18 heavy (non-hydrogen) atoms. The number of rotatable bonds is 4. The van der Waals surface area contributed by atoms with E-state index in [1.165, 1.54) is 0 Å². The summed E-state index contributed by atoms with van der Waals surface area (Å²) in [5, 5.41) is 3.17. The maximum Gasteiger partial charge on any atom is 0.213 e. The summed E-state index contributed by atoms with van der Waals surface area (Å²) in [6.07, 6.45) is 1.65. The Labute approximate surface area is 110 Å². The molecular weight excluding hydrogens is 248 g/mol. The molecule has 2 rings (SSSR count). The maximum absolute atomic E-state index is 5.60. The maximum atomic E-state index is 5.60. The zero-order valence-corrected chi connectivity index (χ0v) is 11.0. The van der Waals surface area contributed by atoms with Crippen molar-refractivity contribution in [2.75, 3.05) is 5.32 Å². The molecule has 3 N–H and O–H groups in total. The summed E-state index contributed by atoms with van der Waals surface area (Å²) in [6, 6.07) is 3.68. The van der Waals surface area contributed by atoms with Gasteiger partial charge in [0.25, 0.3) is 0 Å². The van der Waals surface area contributed by atoms with E-state index >= 15 is 0 Å². The number of pyridine rings is 1. The van der Waals surface area contributed by atoms with Crippen molar-refractivity contribution in [2.24, 2.45) is 5.73 Å². The molecule has 0 fully saturated rings. The zero-order valence-electron chi connectivity index (χ0n) is 10.2. The van der Waals surface area contributed by atoms with Crippen LogP contribution in [0.2, 0.25) is 0 Å². The second-order valence-corrected chi connectivity index (χ2v) is 4.31. The van der Waals surface area contributed by atoms with Crippen molar-refractivity contribution < 1.29 is 4.42 Å². The molecule has 0 aromatic carbocycles. The molecule has 0 aliphatic rings. The van der Waals surface area contributed by atoms with Crippen molar-refractivity contribution in [1.29, 1.82) is 0 Å². The highest BCUT2D eigenvalue weighted by Gasteiger charge is 2.08. The third-order valence-corrected chi connectivity index (χ3v) is 2.74. The van der Waals surface area contributed by atoms with Gasteiger partial charge in [-0.2, -0.15) is 0 Å². The lowest BCUT2D eigenvalue weighted by Crippen LogP contribution is -2.15. The Bertz CT molecular complexity index is 560. The molecule has 0 radical (unpaired) electrons. The fourth-order valence-electron chi connectivity index (χ4n) is 1.53. The van der Waals surface area contributed by atoms with E-state index in [9.17, 15) is 0 Å². The van der Waals surface area contributed by atoms with Gasteiger partial charge < -0.3 is 15.5 Å². The molecule has 0 aliphatic carbocycles. The van der Waals surface area contributed by atoms with Crippen molar-refractivity contribution in [3.05, 3.63) is 41.4 Å². The minimum absolute atomic E-state index is 0.262. The van der Waals surface area contributed by atoms with Crippen LogP contribution in [0.5, 0.6) is 0 Å².